The van der Waals surface area contributed by atoms with Crippen molar-refractivity contribution in [2.45, 2.75) is 19.4 Å². The van der Waals surface area contributed by atoms with Gasteiger partial charge in [0.05, 0.1) is 0 Å². The monoisotopic (exact) mass is 282 g/mol. The van der Waals surface area contributed by atoms with Crippen molar-refractivity contribution < 1.29 is 9.21 Å². The average Bonchev–Trinajstić information content (AvgIpc) is 3.11. The number of hydrogen-bond donors (Lipinski definition) is 1. The maximum Gasteiger partial charge on any atom is 0.302 e. The fourth-order valence-electron chi connectivity index (χ4n) is 2.71. The lowest BCUT2D eigenvalue weighted by Crippen LogP contribution is -2.30. The fourth-order valence-corrected chi connectivity index (χ4v) is 2.71. The number of aryl methyl sites for hydroxylation is 1. The van der Waals surface area contributed by atoms with E-state index in [0.29, 0.717) is 12.0 Å². The third kappa shape index (κ3) is 2.18. The van der Waals surface area contributed by atoms with Gasteiger partial charge in [-0.15, -0.1) is 0 Å². The van der Waals surface area contributed by atoms with Gasteiger partial charge in [0.1, 0.15) is 11.3 Å². The second-order valence-corrected chi connectivity index (χ2v) is 5.20. The fraction of sp³-hybridized carbons (Fsp3) is 0.267. The minimum absolute atomic E-state index is 0.0594. The summed E-state index contributed by atoms with van der Waals surface area (Å²) in [5.41, 5.74) is 1.42. The minimum atomic E-state index is -0.0880. The van der Waals surface area contributed by atoms with Crippen molar-refractivity contribution in [1.29, 1.82) is 0 Å². The van der Waals surface area contributed by atoms with Crippen LogP contribution in [0, 0.1) is 5.92 Å². The van der Waals surface area contributed by atoms with E-state index in [1.54, 1.807) is 6.20 Å². The van der Waals surface area contributed by atoms with Crippen LogP contribution in [-0.4, -0.2) is 20.4 Å². The molecule has 21 heavy (non-hydrogen) atoms. The van der Waals surface area contributed by atoms with Crippen molar-refractivity contribution >= 4 is 23.0 Å². The van der Waals surface area contributed by atoms with E-state index in [4.69, 9.17) is 4.42 Å². The molecule has 3 heterocycles. The molecule has 0 fully saturated rings. The highest BCUT2D eigenvalue weighted by atomic mass is 16.4. The van der Waals surface area contributed by atoms with E-state index in [0.717, 1.165) is 24.3 Å². The van der Waals surface area contributed by atoms with Gasteiger partial charge in [-0.2, -0.15) is 4.98 Å². The lowest BCUT2D eigenvalue weighted by Gasteiger charge is -2.21. The van der Waals surface area contributed by atoms with Gasteiger partial charge in [-0.3, -0.25) is 10.1 Å². The van der Waals surface area contributed by atoms with Crippen LogP contribution in [0.25, 0.3) is 11.1 Å². The number of para-hydroxylation sites is 2. The molecule has 0 aliphatic carbocycles. The summed E-state index contributed by atoms with van der Waals surface area (Å²) in [6, 6.07) is 7.70. The number of carbonyl (C=O) groups excluding carboxylic acids is 1. The molecular formula is C15H14N4O2. The van der Waals surface area contributed by atoms with Gasteiger partial charge in [-0.05, 0) is 18.6 Å². The first-order chi connectivity index (χ1) is 10.3. The Kier molecular flexibility index (Phi) is 2.73. The Bertz CT molecular complexity index is 772. The Morgan fingerprint density at radius 1 is 1.38 bits per heavy atom. The number of carbonyl (C=O) groups is 1. The number of imidazole rings is 1. The molecule has 0 radical (unpaired) electrons. The molecule has 2 aromatic heterocycles. The standard InChI is InChI=1S/C15H14N4O2/c20-14(10-5-7-19-8-6-16-13(19)9-10)18-15-17-11-3-1-2-4-12(11)21-15/h1-4,6,8,10H,5,7,9H2,(H,17,18,20). The molecule has 0 saturated carbocycles. The maximum atomic E-state index is 12.3. The first kappa shape index (κ1) is 12.1. The van der Waals surface area contributed by atoms with E-state index in [1.807, 2.05) is 30.5 Å². The average molecular weight is 282 g/mol. The zero-order chi connectivity index (χ0) is 14.2. The van der Waals surface area contributed by atoms with Gasteiger partial charge in [-0.25, -0.2) is 4.98 Å². The van der Waals surface area contributed by atoms with Crippen LogP contribution in [0.15, 0.2) is 41.1 Å². The summed E-state index contributed by atoms with van der Waals surface area (Å²) in [6.45, 7) is 0.820. The minimum Gasteiger partial charge on any atom is -0.423 e. The molecule has 1 aromatic carbocycles. The lowest BCUT2D eigenvalue weighted by atomic mass is 9.97. The van der Waals surface area contributed by atoms with Crippen molar-refractivity contribution in [3.8, 4) is 0 Å². The predicted octanol–water partition coefficient (Wildman–Crippen LogP) is 2.23. The summed E-state index contributed by atoms with van der Waals surface area (Å²) < 4.78 is 7.61. The maximum absolute atomic E-state index is 12.3. The molecule has 1 aliphatic rings. The highest BCUT2D eigenvalue weighted by Gasteiger charge is 2.26. The largest absolute Gasteiger partial charge is 0.423 e. The van der Waals surface area contributed by atoms with Gasteiger partial charge in [0.25, 0.3) is 0 Å². The molecule has 106 valence electrons. The molecule has 1 aliphatic heterocycles. The molecule has 6 heteroatoms. The first-order valence-electron chi connectivity index (χ1n) is 6.96. The molecule has 1 unspecified atom stereocenters. The summed E-state index contributed by atoms with van der Waals surface area (Å²) in [6.07, 6.45) is 5.18. The van der Waals surface area contributed by atoms with E-state index in [-0.39, 0.29) is 17.8 Å². The van der Waals surface area contributed by atoms with Gasteiger partial charge >= 0.3 is 6.01 Å². The SMILES string of the molecule is O=C(Nc1nc2ccccc2o1)C1CCn2ccnc2C1. The summed E-state index contributed by atoms with van der Waals surface area (Å²) in [5.74, 6) is 0.810. The van der Waals surface area contributed by atoms with Crippen molar-refractivity contribution in [2.75, 3.05) is 5.32 Å². The molecule has 3 aromatic rings. The van der Waals surface area contributed by atoms with Crippen molar-refractivity contribution in [2.24, 2.45) is 5.92 Å². The van der Waals surface area contributed by atoms with Gasteiger partial charge < -0.3 is 8.98 Å². The van der Waals surface area contributed by atoms with Crippen LogP contribution in [0.4, 0.5) is 6.01 Å². The molecular weight excluding hydrogens is 268 g/mol. The van der Waals surface area contributed by atoms with Crippen molar-refractivity contribution in [1.82, 2.24) is 14.5 Å². The van der Waals surface area contributed by atoms with Crippen LogP contribution >= 0.6 is 0 Å². The van der Waals surface area contributed by atoms with Crippen LogP contribution < -0.4 is 5.32 Å². The third-order valence-corrected chi connectivity index (χ3v) is 3.84. The Hall–Kier alpha value is -2.63. The number of fused-ring (bicyclic) bond motifs is 2. The quantitative estimate of drug-likeness (QED) is 0.782. The number of benzene rings is 1. The molecule has 4 rings (SSSR count). The molecule has 0 spiro atoms. The molecule has 0 bridgehead atoms. The number of hydrogen-bond acceptors (Lipinski definition) is 4. The topological polar surface area (TPSA) is 73.0 Å². The highest BCUT2D eigenvalue weighted by Crippen LogP contribution is 2.22. The van der Waals surface area contributed by atoms with Gasteiger partial charge in [-0.1, -0.05) is 12.1 Å². The Labute approximate surface area is 120 Å². The number of oxazole rings is 1. The zero-order valence-corrected chi connectivity index (χ0v) is 11.3. The number of amides is 1. The van der Waals surface area contributed by atoms with E-state index in [9.17, 15) is 4.79 Å². The zero-order valence-electron chi connectivity index (χ0n) is 11.3. The van der Waals surface area contributed by atoms with Crippen LogP contribution in [0.3, 0.4) is 0 Å². The van der Waals surface area contributed by atoms with Crippen LogP contribution in [0.5, 0.6) is 0 Å². The van der Waals surface area contributed by atoms with E-state index < -0.39 is 0 Å². The summed E-state index contributed by atoms with van der Waals surface area (Å²) in [5, 5.41) is 2.77. The van der Waals surface area contributed by atoms with E-state index in [1.165, 1.54) is 0 Å². The smallest absolute Gasteiger partial charge is 0.302 e. The Balaban J connectivity index is 1.51. The van der Waals surface area contributed by atoms with Crippen molar-refractivity contribution in [3.05, 3.63) is 42.5 Å². The predicted molar refractivity (Wildman–Crippen MR) is 76.7 cm³/mol. The summed E-state index contributed by atoms with van der Waals surface area (Å²) in [4.78, 5) is 20.9. The normalized spacial score (nSPS) is 17.6. The van der Waals surface area contributed by atoms with E-state index >= 15 is 0 Å². The molecule has 1 N–H and O–H groups in total. The summed E-state index contributed by atoms with van der Waals surface area (Å²) in [7, 11) is 0. The second-order valence-electron chi connectivity index (χ2n) is 5.20. The summed E-state index contributed by atoms with van der Waals surface area (Å²) >= 11 is 0. The number of nitrogens with one attached hydrogen (secondary N) is 1. The Morgan fingerprint density at radius 3 is 3.19 bits per heavy atom. The second kappa shape index (κ2) is 4.73. The van der Waals surface area contributed by atoms with Gasteiger partial charge in [0.2, 0.25) is 5.91 Å². The number of rotatable bonds is 2. The van der Waals surface area contributed by atoms with Gasteiger partial charge in [0.15, 0.2) is 5.58 Å². The van der Waals surface area contributed by atoms with Crippen LogP contribution in [0.1, 0.15) is 12.2 Å². The van der Waals surface area contributed by atoms with Crippen molar-refractivity contribution in [3.63, 3.8) is 0 Å². The number of nitrogens with zero attached hydrogens (tertiary/aromatic N) is 3. The molecule has 6 nitrogen and oxygen atoms in total. The number of anilines is 1. The van der Waals surface area contributed by atoms with Gasteiger partial charge in [0, 0.05) is 31.3 Å². The first-order valence-corrected chi connectivity index (χ1v) is 6.96. The highest BCUT2D eigenvalue weighted by molar-refractivity contribution is 5.92. The Morgan fingerprint density at radius 2 is 2.29 bits per heavy atom. The van der Waals surface area contributed by atoms with Crippen LogP contribution in [0.2, 0.25) is 0 Å². The number of aromatic nitrogens is 3. The third-order valence-electron chi connectivity index (χ3n) is 3.84. The van der Waals surface area contributed by atoms with E-state index in [2.05, 4.69) is 19.9 Å². The molecule has 1 atom stereocenters. The van der Waals surface area contributed by atoms with Crippen LogP contribution in [-0.2, 0) is 17.8 Å². The molecule has 0 saturated heterocycles. The molecule has 1 amide bonds. The lowest BCUT2D eigenvalue weighted by molar-refractivity contribution is -0.120.